The number of carbonyl (C=O) groups excluding carboxylic acids is 2. The van der Waals surface area contributed by atoms with Crippen molar-refractivity contribution in [3.8, 4) is 5.75 Å². The van der Waals surface area contributed by atoms with Crippen LogP contribution in [0.4, 0.5) is 4.39 Å². The SMILES string of the molecule is O=C1OC(c2ccccc2F)=N/C1=C\c1cc(Br)c(OC(=O)c2ccc(Cl)cc2)c(Br)c1. The molecule has 0 fully saturated rings. The highest BCUT2D eigenvalue weighted by atomic mass is 79.9. The molecule has 3 aromatic rings. The first kappa shape index (κ1) is 22.4. The van der Waals surface area contributed by atoms with Gasteiger partial charge in [-0.25, -0.2) is 19.0 Å². The molecule has 5 nitrogen and oxygen atoms in total. The fourth-order valence-corrected chi connectivity index (χ4v) is 4.32. The first-order chi connectivity index (χ1) is 15.3. The van der Waals surface area contributed by atoms with Crippen molar-refractivity contribution >= 4 is 67.4 Å². The molecule has 0 amide bonds. The third kappa shape index (κ3) is 4.82. The van der Waals surface area contributed by atoms with Gasteiger partial charge in [0, 0.05) is 5.02 Å². The zero-order valence-corrected chi connectivity index (χ0v) is 19.9. The number of hydrogen-bond acceptors (Lipinski definition) is 5. The van der Waals surface area contributed by atoms with Crippen LogP contribution >= 0.6 is 43.5 Å². The second-order valence-electron chi connectivity index (χ2n) is 6.53. The van der Waals surface area contributed by atoms with E-state index in [4.69, 9.17) is 21.1 Å². The summed E-state index contributed by atoms with van der Waals surface area (Å²) in [7, 11) is 0. The maximum absolute atomic E-state index is 14.0. The number of ether oxygens (including phenoxy) is 2. The van der Waals surface area contributed by atoms with Crippen LogP contribution < -0.4 is 4.74 Å². The Morgan fingerprint density at radius 3 is 2.38 bits per heavy atom. The maximum Gasteiger partial charge on any atom is 0.363 e. The lowest BCUT2D eigenvalue weighted by Gasteiger charge is -2.10. The zero-order chi connectivity index (χ0) is 22.8. The standard InChI is InChI=1S/C23H11Br2ClFNO4/c24-16-9-12(10-17(25)20(16)31-22(29)13-5-7-14(26)8-6-13)11-19-23(30)32-21(28-19)15-3-1-2-4-18(15)27/h1-11H/b19-11-. The van der Waals surface area contributed by atoms with Crippen LogP contribution in [0.3, 0.4) is 0 Å². The first-order valence-corrected chi connectivity index (χ1v) is 11.0. The van der Waals surface area contributed by atoms with Crippen LogP contribution in [0.15, 0.2) is 80.3 Å². The second kappa shape index (κ2) is 9.36. The van der Waals surface area contributed by atoms with Crippen LogP contribution in [0, 0.1) is 5.82 Å². The highest BCUT2D eigenvalue weighted by Gasteiger charge is 2.26. The molecule has 1 aliphatic rings. The molecule has 160 valence electrons. The summed E-state index contributed by atoms with van der Waals surface area (Å²) in [5, 5.41) is 0.507. The van der Waals surface area contributed by atoms with Crippen LogP contribution in [0.5, 0.6) is 5.75 Å². The predicted octanol–water partition coefficient (Wildman–Crippen LogP) is 6.57. The molecule has 0 unspecified atom stereocenters. The Hall–Kier alpha value is -2.81. The summed E-state index contributed by atoms with van der Waals surface area (Å²) < 4.78 is 25.5. The van der Waals surface area contributed by atoms with Gasteiger partial charge in [0.1, 0.15) is 5.82 Å². The molecule has 0 spiro atoms. The first-order valence-electron chi connectivity index (χ1n) is 9.06. The van der Waals surface area contributed by atoms with E-state index in [2.05, 4.69) is 36.9 Å². The van der Waals surface area contributed by atoms with Gasteiger partial charge in [0.05, 0.1) is 20.1 Å². The van der Waals surface area contributed by atoms with E-state index in [1.165, 1.54) is 24.3 Å². The molecule has 4 rings (SSSR count). The van der Waals surface area contributed by atoms with E-state index < -0.39 is 17.8 Å². The van der Waals surface area contributed by atoms with Gasteiger partial charge in [-0.1, -0.05) is 23.7 Å². The number of halogens is 4. The summed E-state index contributed by atoms with van der Waals surface area (Å²) in [6.07, 6.45) is 1.48. The quantitative estimate of drug-likeness (QED) is 0.199. The van der Waals surface area contributed by atoms with E-state index >= 15 is 0 Å². The van der Waals surface area contributed by atoms with Crippen LogP contribution in [0.1, 0.15) is 21.5 Å². The van der Waals surface area contributed by atoms with E-state index in [1.54, 1.807) is 42.5 Å². The molecule has 0 bridgehead atoms. The summed E-state index contributed by atoms with van der Waals surface area (Å²) in [5.74, 6) is -1.65. The van der Waals surface area contributed by atoms with Crippen molar-refractivity contribution in [2.45, 2.75) is 0 Å². The minimum Gasteiger partial charge on any atom is -0.421 e. The fraction of sp³-hybridized carbons (Fsp3) is 0. The van der Waals surface area contributed by atoms with E-state index in [1.807, 2.05) is 0 Å². The largest absolute Gasteiger partial charge is 0.421 e. The molecule has 0 radical (unpaired) electrons. The number of carbonyl (C=O) groups is 2. The Bertz CT molecular complexity index is 1280. The Morgan fingerprint density at radius 1 is 1.06 bits per heavy atom. The fourth-order valence-electron chi connectivity index (χ4n) is 2.81. The normalized spacial score (nSPS) is 14.3. The summed E-state index contributed by atoms with van der Waals surface area (Å²) in [5.41, 5.74) is 1.01. The highest BCUT2D eigenvalue weighted by molar-refractivity contribution is 9.11. The molecule has 0 saturated carbocycles. The number of rotatable bonds is 4. The van der Waals surface area contributed by atoms with Crippen LogP contribution in [-0.2, 0) is 9.53 Å². The Morgan fingerprint density at radius 2 is 1.72 bits per heavy atom. The number of aliphatic imine (C=N–C) groups is 1. The van der Waals surface area contributed by atoms with Gasteiger partial charge in [0.2, 0.25) is 5.90 Å². The van der Waals surface area contributed by atoms with Crippen molar-refractivity contribution in [1.82, 2.24) is 0 Å². The molecule has 0 atom stereocenters. The summed E-state index contributed by atoms with van der Waals surface area (Å²) in [4.78, 5) is 28.7. The van der Waals surface area contributed by atoms with Crippen molar-refractivity contribution in [2.24, 2.45) is 4.99 Å². The number of benzene rings is 3. The van der Waals surface area contributed by atoms with E-state index in [-0.39, 0.29) is 22.9 Å². The van der Waals surface area contributed by atoms with Crippen LogP contribution in [0.2, 0.25) is 5.02 Å². The van der Waals surface area contributed by atoms with Crippen molar-refractivity contribution in [2.75, 3.05) is 0 Å². The molecular formula is C23H11Br2ClFNO4. The van der Waals surface area contributed by atoms with Crippen molar-refractivity contribution in [1.29, 1.82) is 0 Å². The molecule has 32 heavy (non-hydrogen) atoms. The minimum absolute atomic E-state index is 0.00737. The number of nitrogens with zero attached hydrogens (tertiary/aromatic N) is 1. The maximum atomic E-state index is 14.0. The van der Waals surface area contributed by atoms with Gasteiger partial charge < -0.3 is 9.47 Å². The Labute approximate surface area is 203 Å². The van der Waals surface area contributed by atoms with Gasteiger partial charge in [-0.15, -0.1) is 0 Å². The molecule has 0 aliphatic carbocycles. The number of hydrogen-bond donors (Lipinski definition) is 0. The van der Waals surface area contributed by atoms with Crippen molar-refractivity contribution < 1.29 is 23.5 Å². The van der Waals surface area contributed by atoms with Gasteiger partial charge in [-0.05, 0) is 92.0 Å². The third-order valence-electron chi connectivity index (χ3n) is 4.32. The molecule has 3 aromatic carbocycles. The van der Waals surface area contributed by atoms with Gasteiger partial charge in [-0.2, -0.15) is 0 Å². The average Bonchev–Trinajstić information content (AvgIpc) is 3.11. The number of cyclic esters (lactones) is 1. The van der Waals surface area contributed by atoms with Gasteiger partial charge >= 0.3 is 11.9 Å². The molecular weight excluding hydrogens is 569 g/mol. The molecule has 0 saturated heterocycles. The summed E-state index contributed by atoms with van der Waals surface area (Å²) in [6.45, 7) is 0. The lowest BCUT2D eigenvalue weighted by atomic mass is 10.2. The van der Waals surface area contributed by atoms with E-state index in [9.17, 15) is 14.0 Å². The van der Waals surface area contributed by atoms with Gasteiger partial charge in [-0.3, -0.25) is 0 Å². The minimum atomic E-state index is -0.700. The predicted molar refractivity (Wildman–Crippen MR) is 125 cm³/mol. The Kier molecular flexibility index (Phi) is 6.55. The average molecular weight is 580 g/mol. The number of esters is 2. The van der Waals surface area contributed by atoms with Crippen LogP contribution in [0.25, 0.3) is 6.08 Å². The van der Waals surface area contributed by atoms with E-state index in [0.717, 1.165) is 0 Å². The van der Waals surface area contributed by atoms with Gasteiger partial charge in [0.25, 0.3) is 0 Å². The molecule has 1 heterocycles. The monoisotopic (exact) mass is 577 g/mol. The van der Waals surface area contributed by atoms with Crippen LogP contribution in [-0.4, -0.2) is 17.8 Å². The second-order valence-corrected chi connectivity index (χ2v) is 8.67. The molecule has 9 heteroatoms. The smallest absolute Gasteiger partial charge is 0.363 e. The van der Waals surface area contributed by atoms with Crippen molar-refractivity contribution in [3.05, 3.63) is 103 Å². The molecule has 1 aliphatic heterocycles. The zero-order valence-electron chi connectivity index (χ0n) is 15.9. The lowest BCUT2D eigenvalue weighted by molar-refractivity contribution is -0.129. The van der Waals surface area contributed by atoms with Crippen molar-refractivity contribution in [3.63, 3.8) is 0 Å². The highest BCUT2D eigenvalue weighted by Crippen LogP contribution is 2.36. The summed E-state index contributed by atoms with van der Waals surface area (Å²) in [6, 6.07) is 15.5. The third-order valence-corrected chi connectivity index (χ3v) is 5.75. The molecule has 0 N–H and O–H groups in total. The van der Waals surface area contributed by atoms with E-state index in [0.29, 0.717) is 25.1 Å². The molecule has 0 aromatic heterocycles. The van der Waals surface area contributed by atoms with Gasteiger partial charge in [0.15, 0.2) is 11.4 Å². The lowest BCUT2D eigenvalue weighted by Crippen LogP contribution is -2.09. The topological polar surface area (TPSA) is 65.0 Å². The Balaban J connectivity index is 1.60. The summed E-state index contributed by atoms with van der Waals surface area (Å²) >= 11 is 12.6.